The van der Waals surface area contributed by atoms with Gasteiger partial charge in [-0.3, -0.25) is 0 Å². The molecule has 0 radical (unpaired) electrons. The lowest BCUT2D eigenvalue weighted by Gasteiger charge is -2.35. The van der Waals surface area contributed by atoms with Gasteiger partial charge in [0.1, 0.15) is 5.60 Å². The van der Waals surface area contributed by atoms with Crippen LogP contribution in [-0.4, -0.2) is 53.8 Å². The monoisotopic (exact) mass is 344 g/mol. The summed E-state index contributed by atoms with van der Waals surface area (Å²) < 4.78 is 5.82. The van der Waals surface area contributed by atoms with Gasteiger partial charge in [0, 0.05) is 24.4 Å². The van der Waals surface area contributed by atoms with Gasteiger partial charge in [-0.05, 0) is 65.2 Å². The van der Waals surface area contributed by atoms with Crippen molar-refractivity contribution in [3.05, 3.63) is 0 Å². The molecule has 0 aliphatic carbocycles. The zero-order chi connectivity index (χ0) is 17.5. The largest absolute Gasteiger partial charge is 0.444 e. The zero-order valence-electron chi connectivity index (χ0n) is 15.9. The van der Waals surface area contributed by atoms with Crippen LogP contribution in [0.3, 0.4) is 0 Å². The smallest absolute Gasteiger partial charge is 0.410 e. The van der Waals surface area contributed by atoms with Crippen molar-refractivity contribution >= 4 is 17.9 Å². The number of thioether (sulfide) groups is 1. The topological polar surface area (TPSA) is 41.6 Å². The van der Waals surface area contributed by atoms with Crippen LogP contribution in [0.15, 0.2) is 0 Å². The van der Waals surface area contributed by atoms with E-state index in [1.807, 2.05) is 37.4 Å². The summed E-state index contributed by atoms with van der Waals surface area (Å²) in [7, 11) is 0. The predicted octanol–water partition coefficient (Wildman–Crippen LogP) is 4.14. The standard InChI is InChI=1S/C18H36N2O2S/c1-7-18(8-2,23-6)14-19-13-15-9-11-20(12-10-15)16(21)22-17(3,4)5/h15,19H,7-14H2,1-6H3. The fraction of sp³-hybridized carbons (Fsp3) is 0.944. The summed E-state index contributed by atoms with van der Waals surface area (Å²) in [6.45, 7) is 14.1. The Kier molecular flexibility index (Phi) is 8.22. The van der Waals surface area contributed by atoms with Gasteiger partial charge in [-0.25, -0.2) is 4.79 Å². The molecule has 1 aliphatic heterocycles. The molecule has 0 saturated carbocycles. The number of likely N-dealkylation sites (tertiary alicyclic amines) is 1. The summed E-state index contributed by atoms with van der Waals surface area (Å²) in [5.74, 6) is 0.668. The van der Waals surface area contributed by atoms with E-state index in [0.29, 0.717) is 10.7 Å². The van der Waals surface area contributed by atoms with E-state index in [-0.39, 0.29) is 6.09 Å². The molecule has 23 heavy (non-hydrogen) atoms. The van der Waals surface area contributed by atoms with Crippen LogP contribution < -0.4 is 5.32 Å². The number of nitrogens with one attached hydrogen (secondary N) is 1. The highest BCUT2D eigenvalue weighted by Crippen LogP contribution is 2.29. The molecule has 0 aromatic heterocycles. The Morgan fingerprint density at radius 2 is 1.78 bits per heavy atom. The average Bonchev–Trinajstić information content (AvgIpc) is 2.51. The fourth-order valence-corrected chi connectivity index (χ4v) is 3.83. The van der Waals surface area contributed by atoms with Crippen molar-refractivity contribution in [3.63, 3.8) is 0 Å². The average molecular weight is 345 g/mol. The van der Waals surface area contributed by atoms with E-state index in [4.69, 9.17) is 4.74 Å². The molecule has 1 N–H and O–H groups in total. The van der Waals surface area contributed by atoms with E-state index in [2.05, 4.69) is 25.4 Å². The van der Waals surface area contributed by atoms with Gasteiger partial charge < -0.3 is 15.0 Å². The van der Waals surface area contributed by atoms with Crippen LogP contribution in [-0.2, 0) is 4.74 Å². The number of piperidine rings is 1. The molecule has 1 aliphatic rings. The van der Waals surface area contributed by atoms with Crippen molar-refractivity contribution in [2.45, 2.75) is 70.7 Å². The highest BCUT2D eigenvalue weighted by molar-refractivity contribution is 8.00. The van der Waals surface area contributed by atoms with Crippen LogP contribution in [0.4, 0.5) is 4.79 Å². The normalized spacial score (nSPS) is 17.4. The summed E-state index contributed by atoms with van der Waals surface area (Å²) in [5.41, 5.74) is -0.406. The molecule has 0 aromatic rings. The summed E-state index contributed by atoms with van der Waals surface area (Å²) in [4.78, 5) is 13.9. The highest BCUT2D eigenvalue weighted by Gasteiger charge is 2.28. The quantitative estimate of drug-likeness (QED) is 0.753. The number of rotatable bonds is 7. The van der Waals surface area contributed by atoms with E-state index in [9.17, 15) is 4.79 Å². The van der Waals surface area contributed by atoms with Crippen LogP contribution in [0.1, 0.15) is 60.3 Å². The van der Waals surface area contributed by atoms with Gasteiger partial charge in [0.2, 0.25) is 0 Å². The van der Waals surface area contributed by atoms with Gasteiger partial charge in [0.05, 0.1) is 0 Å². The lowest BCUT2D eigenvalue weighted by atomic mass is 9.96. The first-order valence-electron chi connectivity index (χ1n) is 8.99. The Labute approximate surface area is 147 Å². The van der Waals surface area contributed by atoms with Crippen molar-refractivity contribution in [1.82, 2.24) is 10.2 Å². The third-order valence-corrected chi connectivity index (χ3v) is 6.46. The maximum absolute atomic E-state index is 12.1. The Bertz CT molecular complexity index is 348. The minimum atomic E-state index is -0.406. The van der Waals surface area contributed by atoms with Gasteiger partial charge in [-0.15, -0.1) is 0 Å². The van der Waals surface area contributed by atoms with Crippen LogP contribution in [0.25, 0.3) is 0 Å². The lowest BCUT2D eigenvalue weighted by Crippen LogP contribution is -2.44. The first-order chi connectivity index (χ1) is 10.7. The second-order valence-corrected chi connectivity index (χ2v) is 8.91. The Hall–Kier alpha value is -0.420. The van der Waals surface area contributed by atoms with Gasteiger partial charge in [-0.1, -0.05) is 13.8 Å². The van der Waals surface area contributed by atoms with Gasteiger partial charge in [0.15, 0.2) is 0 Å². The summed E-state index contributed by atoms with van der Waals surface area (Å²) >= 11 is 1.98. The van der Waals surface area contributed by atoms with Gasteiger partial charge >= 0.3 is 6.09 Å². The molecule has 4 nitrogen and oxygen atoms in total. The summed E-state index contributed by atoms with van der Waals surface area (Å²) in [5, 5.41) is 3.68. The molecule has 5 heteroatoms. The predicted molar refractivity (Wildman–Crippen MR) is 100 cm³/mol. The number of hydrogen-bond donors (Lipinski definition) is 1. The van der Waals surface area contributed by atoms with E-state index in [0.717, 1.165) is 39.0 Å². The van der Waals surface area contributed by atoms with E-state index in [1.54, 1.807) is 0 Å². The molecular formula is C18H36N2O2S. The van der Waals surface area contributed by atoms with Crippen molar-refractivity contribution < 1.29 is 9.53 Å². The minimum absolute atomic E-state index is 0.165. The van der Waals surface area contributed by atoms with Crippen LogP contribution >= 0.6 is 11.8 Å². The summed E-state index contributed by atoms with van der Waals surface area (Å²) in [6.07, 6.45) is 6.59. The number of carbonyl (C=O) groups excluding carboxylic acids is 1. The number of hydrogen-bond acceptors (Lipinski definition) is 4. The first-order valence-corrected chi connectivity index (χ1v) is 10.2. The molecule has 1 heterocycles. The molecular weight excluding hydrogens is 308 g/mol. The molecule has 0 unspecified atom stereocenters. The molecule has 0 spiro atoms. The fourth-order valence-electron chi connectivity index (χ4n) is 3.01. The van der Waals surface area contributed by atoms with Crippen molar-refractivity contribution in [3.8, 4) is 0 Å². The third kappa shape index (κ3) is 6.92. The van der Waals surface area contributed by atoms with Crippen LogP contribution in [0, 0.1) is 5.92 Å². The number of amides is 1. The molecule has 1 amide bonds. The van der Waals surface area contributed by atoms with E-state index >= 15 is 0 Å². The first kappa shape index (κ1) is 20.6. The zero-order valence-corrected chi connectivity index (χ0v) is 16.7. The molecule has 1 fully saturated rings. The number of nitrogens with zero attached hydrogens (tertiary/aromatic N) is 1. The molecule has 1 rings (SSSR count). The minimum Gasteiger partial charge on any atom is -0.444 e. The van der Waals surface area contributed by atoms with Crippen molar-refractivity contribution in [2.24, 2.45) is 5.92 Å². The summed E-state index contributed by atoms with van der Waals surface area (Å²) in [6, 6.07) is 0. The number of ether oxygens (including phenoxy) is 1. The van der Waals surface area contributed by atoms with Crippen LogP contribution in [0.5, 0.6) is 0 Å². The second kappa shape index (κ2) is 9.16. The Morgan fingerprint density at radius 3 is 2.22 bits per heavy atom. The van der Waals surface area contributed by atoms with Gasteiger partial charge in [-0.2, -0.15) is 11.8 Å². The van der Waals surface area contributed by atoms with E-state index in [1.165, 1.54) is 12.8 Å². The molecule has 136 valence electrons. The van der Waals surface area contributed by atoms with Crippen molar-refractivity contribution in [2.75, 3.05) is 32.4 Å². The SMILES string of the molecule is CCC(CC)(CNCC1CCN(C(=O)OC(C)(C)C)CC1)SC. The Balaban J connectivity index is 2.30. The number of carbonyl (C=O) groups is 1. The van der Waals surface area contributed by atoms with Crippen LogP contribution in [0.2, 0.25) is 0 Å². The second-order valence-electron chi connectivity index (χ2n) is 7.64. The maximum Gasteiger partial charge on any atom is 0.410 e. The molecule has 0 aromatic carbocycles. The maximum atomic E-state index is 12.1. The molecule has 1 saturated heterocycles. The Morgan fingerprint density at radius 1 is 1.22 bits per heavy atom. The highest BCUT2D eigenvalue weighted by atomic mass is 32.2. The third-order valence-electron chi connectivity index (χ3n) is 4.87. The molecule has 0 bridgehead atoms. The van der Waals surface area contributed by atoms with Gasteiger partial charge in [0.25, 0.3) is 0 Å². The van der Waals surface area contributed by atoms with Crippen molar-refractivity contribution in [1.29, 1.82) is 0 Å². The van der Waals surface area contributed by atoms with E-state index < -0.39 is 5.60 Å². The lowest BCUT2D eigenvalue weighted by molar-refractivity contribution is 0.0184. The molecule has 0 atom stereocenters.